The topological polar surface area (TPSA) is 15.3 Å². The highest BCUT2D eigenvalue weighted by Crippen LogP contribution is 2.29. The van der Waals surface area contributed by atoms with Gasteiger partial charge in [0.25, 0.3) is 0 Å². The lowest BCUT2D eigenvalue weighted by Gasteiger charge is -2.33. The number of piperidine rings is 1. The van der Waals surface area contributed by atoms with Crippen LogP contribution in [0.4, 0.5) is 0 Å². The number of likely N-dealkylation sites (tertiary alicyclic amines) is 1. The van der Waals surface area contributed by atoms with Crippen molar-refractivity contribution in [3.05, 3.63) is 0 Å². The minimum Gasteiger partial charge on any atom is -0.317 e. The summed E-state index contributed by atoms with van der Waals surface area (Å²) in [5.74, 6) is 0.989. The molecule has 0 saturated carbocycles. The van der Waals surface area contributed by atoms with Crippen LogP contribution < -0.4 is 5.32 Å². The van der Waals surface area contributed by atoms with Gasteiger partial charge in [-0.25, -0.2) is 0 Å². The van der Waals surface area contributed by atoms with Gasteiger partial charge >= 0.3 is 0 Å². The largest absolute Gasteiger partial charge is 0.317 e. The predicted octanol–water partition coefficient (Wildman–Crippen LogP) is 2.67. The molecule has 1 N–H and O–H groups in total. The molecule has 2 rings (SSSR count). The third-order valence-corrected chi connectivity index (χ3v) is 4.34. The fourth-order valence-corrected chi connectivity index (χ4v) is 3.09. The Kier molecular flexibility index (Phi) is 5.55. The molecule has 0 amide bonds. The van der Waals surface area contributed by atoms with Crippen molar-refractivity contribution in [2.45, 2.75) is 51.5 Å². The zero-order valence-electron chi connectivity index (χ0n) is 10.8. The molecule has 0 aromatic rings. The molecule has 0 spiro atoms. The third-order valence-electron chi connectivity index (χ3n) is 4.34. The molecule has 0 bridgehead atoms. The molecule has 0 radical (unpaired) electrons. The molecular formula is C13H27ClN2. The average Bonchev–Trinajstić information content (AvgIpc) is 2.56. The van der Waals surface area contributed by atoms with Gasteiger partial charge in [0.2, 0.25) is 0 Å². The Hall–Kier alpha value is 0.210. The summed E-state index contributed by atoms with van der Waals surface area (Å²) in [7, 11) is 0. The van der Waals surface area contributed by atoms with Crippen LogP contribution in [0.2, 0.25) is 0 Å². The van der Waals surface area contributed by atoms with Crippen LogP contribution in [-0.2, 0) is 0 Å². The van der Waals surface area contributed by atoms with E-state index in [0.717, 1.165) is 5.92 Å². The minimum atomic E-state index is 0. The number of rotatable bonds is 3. The van der Waals surface area contributed by atoms with E-state index in [-0.39, 0.29) is 12.4 Å². The van der Waals surface area contributed by atoms with Gasteiger partial charge in [-0.1, -0.05) is 0 Å². The summed E-state index contributed by atoms with van der Waals surface area (Å²) in [6.07, 6.45) is 7.01. The average molecular weight is 247 g/mol. The predicted molar refractivity (Wildman–Crippen MR) is 72.3 cm³/mol. The first-order chi connectivity index (χ1) is 7.18. The highest BCUT2D eigenvalue weighted by molar-refractivity contribution is 5.85. The summed E-state index contributed by atoms with van der Waals surface area (Å²) in [5, 5.41) is 3.45. The summed E-state index contributed by atoms with van der Waals surface area (Å²) in [5.41, 5.74) is 0.479. The van der Waals surface area contributed by atoms with Crippen LogP contribution in [-0.4, -0.2) is 36.6 Å². The summed E-state index contributed by atoms with van der Waals surface area (Å²) < 4.78 is 0. The lowest BCUT2D eigenvalue weighted by molar-refractivity contribution is 0.157. The van der Waals surface area contributed by atoms with E-state index >= 15 is 0 Å². The monoisotopic (exact) mass is 246 g/mol. The fraction of sp³-hybridized carbons (Fsp3) is 1.00. The van der Waals surface area contributed by atoms with Crippen LogP contribution in [0.25, 0.3) is 0 Å². The number of hydrogen-bond donors (Lipinski definition) is 1. The van der Waals surface area contributed by atoms with Crippen molar-refractivity contribution in [3.8, 4) is 0 Å². The van der Waals surface area contributed by atoms with Crippen molar-refractivity contribution in [1.29, 1.82) is 0 Å². The van der Waals surface area contributed by atoms with Crippen molar-refractivity contribution in [3.63, 3.8) is 0 Å². The molecular weight excluding hydrogens is 220 g/mol. The molecule has 0 unspecified atom stereocenters. The Balaban J connectivity index is 0.00000128. The van der Waals surface area contributed by atoms with E-state index in [4.69, 9.17) is 0 Å². The van der Waals surface area contributed by atoms with Crippen LogP contribution in [0, 0.1) is 5.92 Å². The van der Waals surface area contributed by atoms with Crippen LogP contribution in [0.3, 0.4) is 0 Å². The van der Waals surface area contributed by atoms with Gasteiger partial charge in [-0.15, -0.1) is 12.4 Å². The van der Waals surface area contributed by atoms with Crippen molar-refractivity contribution >= 4 is 12.4 Å². The zero-order valence-corrected chi connectivity index (χ0v) is 11.6. The normalized spacial score (nSPS) is 26.6. The maximum absolute atomic E-state index is 3.45. The lowest BCUT2D eigenvalue weighted by atomic mass is 9.93. The van der Waals surface area contributed by atoms with Crippen LogP contribution >= 0.6 is 12.4 Å². The molecule has 2 aliphatic heterocycles. The van der Waals surface area contributed by atoms with Gasteiger partial charge in [-0.05, 0) is 78.0 Å². The van der Waals surface area contributed by atoms with Crippen LogP contribution in [0.15, 0.2) is 0 Å². The Bertz CT molecular complexity index is 200. The summed E-state index contributed by atoms with van der Waals surface area (Å²) in [6, 6.07) is 0. The molecule has 0 atom stereocenters. The maximum atomic E-state index is 3.45. The number of halogens is 1. The lowest BCUT2D eigenvalue weighted by Crippen LogP contribution is -2.40. The fourth-order valence-electron chi connectivity index (χ4n) is 3.09. The van der Waals surface area contributed by atoms with Crippen molar-refractivity contribution in [1.82, 2.24) is 10.2 Å². The second kappa shape index (κ2) is 6.23. The van der Waals surface area contributed by atoms with E-state index in [1.807, 2.05) is 0 Å². The van der Waals surface area contributed by atoms with Crippen LogP contribution in [0.1, 0.15) is 46.0 Å². The van der Waals surface area contributed by atoms with Crippen molar-refractivity contribution < 1.29 is 0 Å². The maximum Gasteiger partial charge on any atom is 0.0153 e. The SMILES string of the molecule is CC1(C)CCCN1CCC1CCNCC1.Cl. The van der Waals surface area contributed by atoms with E-state index in [1.54, 1.807) is 0 Å². The van der Waals surface area contributed by atoms with E-state index < -0.39 is 0 Å². The molecule has 16 heavy (non-hydrogen) atoms. The molecule has 2 saturated heterocycles. The highest BCUT2D eigenvalue weighted by Gasteiger charge is 2.31. The molecule has 0 aromatic heterocycles. The minimum absolute atomic E-state index is 0. The van der Waals surface area contributed by atoms with Gasteiger partial charge in [-0.3, -0.25) is 4.90 Å². The summed E-state index contributed by atoms with van der Waals surface area (Å²) >= 11 is 0. The van der Waals surface area contributed by atoms with E-state index in [9.17, 15) is 0 Å². The standard InChI is InChI=1S/C13H26N2.ClH/c1-13(2)7-3-10-15(13)11-6-12-4-8-14-9-5-12;/h12,14H,3-11H2,1-2H3;1H. The van der Waals surface area contributed by atoms with Gasteiger partial charge in [0.05, 0.1) is 0 Å². The molecule has 0 aromatic carbocycles. The van der Waals surface area contributed by atoms with Gasteiger partial charge in [-0.2, -0.15) is 0 Å². The van der Waals surface area contributed by atoms with Gasteiger partial charge in [0.1, 0.15) is 0 Å². The Labute approximate surface area is 107 Å². The molecule has 3 heteroatoms. The van der Waals surface area contributed by atoms with E-state index in [1.165, 1.54) is 58.3 Å². The first-order valence-electron chi connectivity index (χ1n) is 6.64. The number of nitrogens with one attached hydrogen (secondary N) is 1. The molecule has 2 heterocycles. The smallest absolute Gasteiger partial charge is 0.0153 e. The zero-order chi connectivity index (χ0) is 10.7. The summed E-state index contributed by atoms with van der Waals surface area (Å²) in [4.78, 5) is 2.70. The van der Waals surface area contributed by atoms with Crippen LogP contribution in [0.5, 0.6) is 0 Å². The summed E-state index contributed by atoms with van der Waals surface area (Å²) in [6.45, 7) is 9.96. The first kappa shape index (κ1) is 14.3. The Morgan fingerprint density at radius 3 is 2.50 bits per heavy atom. The number of nitrogens with zero attached hydrogens (tertiary/aromatic N) is 1. The van der Waals surface area contributed by atoms with Crippen molar-refractivity contribution in [2.24, 2.45) is 5.92 Å². The molecule has 2 aliphatic rings. The van der Waals surface area contributed by atoms with Gasteiger partial charge < -0.3 is 5.32 Å². The molecule has 2 nitrogen and oxygen atoms in total. The second-order valence-corrected chi connectivity index (χ2v) is 5.89. The Morgan fingerprint density at radius 1 is 1.25 bits per heavy atom. The Morgan fingerprint density at radius 2 is 1.94 bits per heavy atom. The number of hydrogen-bond acceptors (Lipinski definition) is 2. The molecule has 2 fully saturated rings. The van der Waals surface area contributed by atoms with E-state index in [2.05, 4.69) is 24.1 Å². The van der Waals surface area contributed by atoms with Crippen molar-refractivity contribution in [2.75, 3.05) is 26.2 Å². The quantitative estimate of drug-likeness (QED) is 0.824. The molecule has 96 valence electrons. The molecule has 0 aliphatic carbocycles. The first-order valence-corrected chi connectivity index (χ1v) is 6.64. The van der Waals surface area contributed by atoms with Gasteiger partial charge in [0.15, 0.2) is 0 Å². The van der Waals surface area contributed by atoms with E-state index in [0.29, 0.717) is 5.54 Å². The third kappa shape index (κ3) is 3.61. The highest BCUT2D eigenvalue weighted by atomic mass is 35.5. The van der Waals surface area contributed by atoms with Gasteiger partial charge in [0, 0.05) is 5.54 Å². The second-order valence-electron chi connectivity index (χ2n) is 5.89.